The Balaban J connectivity index is 1.34. The topological polar surface area (TPSA) is 101 Å². The Hall–Kier alpha value is -3.88. The van der Waals surface area contributed by atoms with E-state index in [1.807, 2.05) is 25.1 Å². The van der Waals surface area contributed by atoms with Crippen LogP contribution < -0.4 is 11.0 Å². The molecule has 0 spiro atoms. The van der Waals surface area contributed by atoms with Gasteiger partial charge in [-0.2, -0.15) is 0 Å². The SMILES string of the molecule is Cc1cc(C(=O)N2CCN(C(=O)Nc3cccc(Cn4cccnc4=O)c3)CC2)c(C)o1. The monoisotopic (exact) mass is 435 g/mol. The van der Waals surface area contributed by atoms with Crippen molar-refractivity contribution >= 4 is 17.6 Å². The van der Waals surface area contributed by atoms with E-state index in [0.717, 1.165) is 5.56 Å². The zero-order chi connectivity index (χ0) is 22.7. The number of rotatable bonds is 4. The highest BCUT2D eigenvalue weighted by Gasteiger charge is 2.26. The van der Waals surface area contributed by atoms with Crippen molar-refractivity contribution in [1.29, 1.82) is 0 Å². The number of amides is 3. The lowest BCUT2D eigenvalue weighted by atomic mass is 10.2. The van der Waals surface area contributed by atoms with Crippen LogP contribution in [0.15, 0.2) is 58.0 Å². The van der Waals surface area contributed by atoms with Crippen LogP contribution in [-0.4, -0.2) is 57.5 Å². The maximum Gasteiger partial charge on any atom is 0.347 e. The molecule has 0 atom stereocenters. The summed E-state index contributed by atoms with van der Waals surface area (Å²) in [5.41, 5.74) is 1.77. The van der Waals surface area contributed by atoms with Crippen molar-refractivity contribution in [1.82, 2.24) is 19.4 Å². The number of urea groups is 1. The maximum absolute atomic E-state index is 12.7. The molecule has 1 aromatic carbocycles. The Kier molecular flexibility index (Phi) is 6.07. The van der Waals surface area contributed by atoms with Gasteiger partial charge in [-0.25, -0.2) is 14.6 Å². The third-order valence-corrected chi connectivity index (χ3v) is 5.44. The van der Waals surface area contributed by atoms with E-state index in [-0.39, 0.29) is 17.6 Å². The molecule has 9 heteroatoms. The van der Waals surface area contributed by atoms with E-state index >= 15 is 0 Å². The van der Waals surface area contributed by atoms with Crippen molar-refractivity contribution < 1.29 is 14.0 Å². The van der Waals surface area contributed by atoms with Gasteiger partial charge in [0.25, 0.3) is 5.91 Å². The van der Waals surface area contributed by atoms with Crippen molar-refractivity contribution in [3.8, 4) is 0 Å². The molecule has 32 heavy (non-hydrogen) atoms. The molecular formula is C23H25N5O4. The molecule has 0 saturated carbocycles. The molecule has 1 saturated heterocycles. The number of benzene rings is 1. The van der Waals surface area contributed by atoms with Crippen LogP contribution in [0.4, 0.5) is 10.5 Å². The molecular weight excluding hydrogens is 410 g/mol. The predicted octanol–water partition coefficient (Wildman–Crippen LogP) is 2.49. The molecule has 0 aliphatic carbocycles. The summed E-state index contributed by atoms with van der Waals surface area (Å²) in [5, 5.41) is 2.91. The van der Waals surface area contributed by atoms with E-state index in [2.05, 4.69) is 10.3 Å². The Morgan fingerprint density at radius 3 is 2.50 bits per heavy atom. The highest BCUT2D eigenvalue weighted by molar-refractivity contribution is 5.95. The normalized spacial score (nSPS) is 13.8. The zero-order valence-electron chi connectivity index (χ0n) is 18.1. The number of carbonyl (C=O) groups is 2. The van der Waals surface area contributed by atoms with Gasteiger partial charge in [0.15, 0.2) is 0 Å². The average Bonchev–Trinajstić information content (AvgIpc) is 3.13. The summed E-state index contributed by atoms with van der Waals surface area (Å²) in [4.78, 5) is 44.5. The molecule has 4 rings (SSSR count). The van der Waals surface area contributed by atoms with E-state index in [1.54, 1.807) is 41.1 Å². The standard InChI is InChI=1S/C23H25N5O4/c1-16-13-20(17(2)32-16)21(29)26-9-11-27(12-10-26)23(31)25-19-6-3-5-18(14-19)15-28-8-4-7-24-22(28)30/h3-8,13-14H,9-12,15H2,1-2H3,(H,25,31). The number of anilines is 1. The van der Waals surface area contributed by atoms with E-state index in [4.69, 9.17) is 4.42 Å². The molecule has 2 aromatic heterocycles. The van der Waals surface area contributed by atoms with Crippen LogP contribution in [0.5, 0.6) is 0 Å². The van der Waals surface area contributed by atoms with Gasteiger partial charge in [-0.1, -0.05) is 12.1 Å². The molecule has 1 N–H and O–H groups in total. The van der Waals surface area contributed by atoms with E-state index < -0.39 is 0 Å². The summed E-state index contributed by atoms with van der Waals surface area (Å²) in [7, 11) is 0. The fraction of sp³-hybridized carbons (Fsp3) is 0.304. The first-order valence-corrected chi connectivity index (χ1v) is 10.4. The van der Waals surface area contributed by atoms with Gasteiger partial charge in [0.05, 0.1) is 12.1 Å². The van der Waals surface area contributed by atoms with Gasteiger partial charge in [-0.05, 0) is 43.7 Å². The summed E-state index contributed by atoms with van der Waals surface area (Å²) in [6.45, 7) is 5.76. The minimum Gasteiger partial charge on any atom is -0.466 e. The lowest BCUT2D eigenvalue weighted by Gasteiger charge is -2.34. The van der Waals surface area contributed by atoms with Crippen LogP contribution in [0, 0.1) is 13.8 Å². The van der Waals surface area contributed by atoms with Gasteiger partial charge in [-0.3, -0.25) is 9.36 Å². The molecule has 1 aliphatic heterocycles. The quantitative estimate of drug-likeness (QED) is 0.679. The minimum absolute atomic E-state index is 0.0715. The summed E-state index contributed by atoms with van der Waals surface area (Å²) < 4.78 is 6.96. The Bertz CT molecular complexity index is 1190. The molecule has 0 unspecified atom stereocenters. The smallest absolute Gasteiger partial charge is 0.347 e. The van der Waals surface area contributed by atoms with Crippen LogP contribution in [0.3, 0.4) is 0 Å². The van der Waals surface area contributed by atoms with Crippen molar-refractivity contribution in [3.63, 3.8) is 0 Å². The van der Waals surface area contributed by atoms with Crippen LogP contribution in [0.1, 0.15) is 27.4 Å². The average molecular weight is 435 g/mol. The first kappa shape index (κ1) is 21.4. The second-order valence-electron chi connectivity index (χ2n) is 7.77. The van der Waals surface area contributed by atoms with Crippen LogP contribution in [0.25, 0.3) is 0 Å². The number of hydrogen-bond donors (Lipinski definition) is 1. The highest BCUT2D eigenvalue weighted by atomic mass is 16.3. The van der Waals surface area contributed by atoms with E-state index in [0.29, 0.717) is 55.5 Å². The number of hydrogen-bond acceptors (Lipinski definition) is 5. The molecule has 3 aromatic rings. The van der Waals surface area contributed by atoms with Crippen LogP contribution in [0.2, 0.25) is 0 Å². The van der Waals surface area contributed by atoms with Crippen molar-refractivity contribution in [3.05, 3.63) is 81.9 Å². The molecule has 9 nitrogen and oxygen atoms in total. The Morgan fingerprint density at radius 2 is 1.81 bits per heavy atom. The van der Waals surface area contributed by atoms with E-state index in [9.17, 15) is 14.4 Å². The summed E-state index contributed by atoms with van der Waals surface area (Å²) >= 11 is 0. The first-order valence-electron chi connectivity index (χ1n) is 10.4. The van der Waals surface area contributed by atoms with Gasteiger partial charge in [0.1, 0.15) is 11.5 Å². The molecule has 1 fully saturated rings. The molecule has 1 aliphatic rings. The number of aryl methyl sites for hydroxylation is 2. The second kappa shape index (κ2) is 9.09. The summed E-state index contributed by atoms with van der Waals surface area (Å²) in [6, 6.07) is 10.6. The molecule has 3 heterocycles. The largest absolute Gasteiger partial charge is 0.466 e. The van der Waals surface area contributed by atoms with Gasteiger partial charge in [0.2, 0.25) is 0 Å². The first-order chi connectivity index (χ1) is 15.4. The maximum atomic E-state index is 12.7. The fourth-order valence-electron chi connectivity index (χ4n) is 3.78. The molecule has 0 bridgehead atoms. The van der Waals surface area contributed by atoms with Gasteiger partial charge in [-0.15, -0.1) is 0 Å². The highest BCUT2D eigenvalue weighted by Crippen LogP contribution is 2.18. The lowest BCUT2D eigenvalue weighted by Crippen LogP contribution is -2.51. The van der Waals surface area contributed by atoms with E-state index in [1.165, 1.54) is 10.8 Å². The predicted molar refractivity (Wildman–Crippen MR) is 119 cm³/mol. The third kappa shape index (κ3) is 4.72. The number of carbonyl (C=O) groups excluding carboxylic acids is 2. The fourth-order valence-corrected chi connectivity index (χ4v) is 3.78. The lowest BCUT2D eigenvalue weighted by molar-refractivity contribution is 0.0670. The van der Waals surface area contributed by atoms with Crippen molar-refractivity contribution in [2.45, 2.75) is 20.4 Å². The number of nitrogens with one attached hydrogen (secondary N) is 1. The van der Waals surface area contributed by atoms with Gasteiger partial charge in [0, 0.05) is 44.3 Å². The second-order valence-corrected chi connectivity index (χ2v) is 7.77. The Morgan fingerprint density at radius 1 is 1.06 bits per heavy atom. The van der Waals surface area contributed by atoms with Gasteiger partial charge < -0.3 is 19.5 Å². The molecule has 166 valence electrons. The summed E-state index contributed by atoms with van der Waals surface area (Å²) in [6.07, 6.45) is 3.13. The zero-order valence-corrected chi connectivity index (χ0v) is 18.1. The van der Waals surface area contributed by atoms with Gasteiger partial charge >= 0.3 is 11.7 Å². The molecule has 0 radical (unpaired) electrons. The number of piperazine rings is 1. The van der Waals surface area contributed by atoms with Crippen LogP contribution >= 0.6 is 0 Å². The minimum atomic E-state index is -0.324. The van der Waals surface area contributed by atoms with Crippen molar-refractivity contribution in [2.75, 3.05) is 31.5 Å². The van der Waals surface area contributed by atoms with Crippen LogP contribution in [-0.2, 0) is 6.54 Å². The summed E-state index contributed by atoms with van der Waals surface area (Å²) in [5.74, 6) is 1.25. The third-order valence-electron chi connectivity index (χ3n) is 5.44. The Labute approximate surface area is 185 Å². The number of furan rings is 1. The molecule has 3 amide bonds. The number of nitrogens with zero attached hydrogens (tertiary/aromatic N) is 4. The number of aromatic nitrogens is 2. The van der Waals surface area contributed by atoms with Crippen molar-refractivity contribution in [2.24, 2.45) is 0 Å².